The molecule has 3 aromatic carbocycles. The molecule has 41 heavy (non-hydrogen) atoms. The summed E-state index contributed by atoms with van der Waals surface area (Å²) in [7, 11) is -2.06. The number of carbonyl (C=O) groups is 2. The van der Waals surface area contributed by atoms with Crippen molar-refractivity contribution in [1.82, 2.24) is 9.62 Å². The molecule has 1 aliphatic heterocycles. The summed E-state index contributed by atoms with van der Waals surface area (Å²) in [6, 6.07) is 19.1. The van der Waals surface area contributed by atoms with Gasteiger partial charge in [-0.15, -0.1) is 0 Å². The Morgan fingerprint density at radius 3 is 2.17 bits per heavy atom. The topological polar surface area (TPSA) is 120 Å². The van der Waals surface area contributed by atoms with E-state index in [1.54, 1.807) is 30.2 Å². The number of amidine groups is 1. The van der Waals surface area contributed by atoms with Crippen molar-refractivity contribution in [3.05, 3.63) is 95.3 Å². The summed E-state index contributed by atoms with van der Waals surface area (Å²) >= 11 is 0. The molecule has 216 valence electrons. The minimum Gasteiger partial charge on any atom is -0.495 e. The molecular weight excluding hydrogens is 547 g/mol. The first-order valence-corrected chi connectivity index (χ1v) is 15.1. The molecule has 9 nitrogen and oxygen atoms in total. The number of anilines is 1. The lowest BCUT2D eigenvalue weighted by atomic mass is 9.89. The average Bonchev–Trinajstić information content (AvgIpc) is 2.97. The zero-order valence-electron chi connectivity index (χ0n) is 23.0. The van der Waals surface area contributed by atoms with Gasteiger partial charge in [-0.1, -0.05) is 24.3 Å². The van der Waals surface area contributed by atoms with Crippen LogP contribution in [0.2, 0.25) is 0 Å². The Labute approximate surface area is 239 Å². The summed E-state index contributed by atoms with van der Waals surface area (Å²) in [4.78, 5) is 30.5. The van der Waals surface area contributed by atoms with Crippen LogP contribution in [0.5, 0.6) is 5.75 Å². The fourth-order valence-corrected chi connectivity index (χ4v) is 5.36. The lowest BCUT2D eigenvalue weighted by Gasteiger charge is -2.33. The van der Waals surface area contributed by atoms with Crippen LogP contribution in [0.15, 0.2) is 72.8 Å². The monoisotopic (exact) mass is 580 g/mol. The second kappa shape index (κ2) is 13.0. The maximum absolute atomic E-state index is 13.7. The molecule has 1 heterocycles. The van der Waals surface area contributed by atoms with Crippen molar-refractivity contribution < 1.29 is 27.1 Å². The molecule has 1 amide bonds. The van der Waals surface area contributed by atoms with Crippen LogP contribution in [0.4, 0.5) is 10.1 Å². The second-order valence-corrected chi connectivity index (χ2v) is 11.7. The third-order valence-electron chi connectivity index (χ3n) is 7.06. The summed E-state index contributed by atoms with van der Waals surface area (Å²) in [6.45, 7) is 2.32. The second-order valence-electron chi connectivity index (χ2n) is 9.94. The molecule has 0 atom stereocenters. The van der Waals surface area contributed by atoms with Crippen LogP contribution < -0.4 is 14.4 Å². The quantitative estimate of drug-likeness (QED) is 0.213. The van der Waals surface area contributed by atoms with Gasteiger partial charge in [0.15, 0.2) is 5.78 Å². The van der Waals surface area contributed by atoms with E-state index in [-0.39, 0.29) is 29.3 Å². The van der Waals surface area contributed by atoms with Crippen LogP contribution in [0.25, 0.3) is 0 Å². The highest BCUT2D eigenvalue weighted by Crippen LogP contribution is 2.29. The first-order valence-electron chi connectivity index (χ1n) is 13.2. The predicted octanol–water partition coefficient (Wildman–Crippen LogP) is 3.95. The number of hydrogen-bond donors (Lipinski definition) is 2. The molecule has 0 unspecified atom stereocenters. The maximum Gasteiger partial charge on any atom is 0.258 e. The van der Waals surface area contributed by atoms with E-state index >= 15 is 0 Å². The Balaban J connectivity index is 1.45. The number of para-hydroxylation sites is 2. The standard InChI is InChI=1S/C30H33FN4O5S/c1-40-27-6-4-3-5-26(27)35(30(37)24-9-7-23(8-10-24)29(32)33-41(2,38)39)20-19-34-17-15-22(16-18-34)28(36)21-11-13-25(31)14-12-21/h3-14,22H,15-20H2,1-2H3,(H2,32,33). The molecule has 11 heteroatoms. The molecule has 0 aliphatic carbocycles. The summed E-state index contributed by atoms with van der Waals surface area (Å²) in [5, 5.41) is 7.97. The molecule has 0 spiro atoms. The largest absolute Gasteiger partial charge is 0.495 e. The van der Waals surface area contributed by atoms with Crippen LogP contribution >= 0.6 is 0 Å². The van der Waals surface area contributed by atoms with E-state index < -0.39 is 10.0 Å². The minimum absolute atomic E-state index is 0.0266. The number of likely N-dealkylation sites (tertiary alicyclic amines) is 1. The van der Waals surface area contributed by atoms with E-state index in [0.29, 0.717) is 67.1 Å². The lowest BCUT2D eigenvalue weighted by Crippen LogP contribution is -2.43. The number of ether oxygens (including phenoxy) is 1. The molecule has 0 saturated carbocycles. The molecule has 1 aliphatic rings. The summed E-state index contributed by atoms with van der Waals surface area (Å²) in [5.41, 5.74) is 1.83. The van der Waals surface area contributed by atoms with E-state index in [0.717, 1.165) is 6.26 Å². The fourth-order valence-electron chi connectivity index (χ4n) is 4.87. The molecule has 4 rings (SSSR count). The maximum atomic E-state index is 13.7. The highest BCUT2D eigenvalue weighted by atomic mass is 32.2. The Morgan fingerprint density at radius 1 is 0.976 bits per heavy atom. The van der Waals surface area contributed by atoms with Gasteiger partial charge in [0.1, 0.15) is 17.4 Å². The van der Waals surface area contributed by atoms with Crippen molar-refractivity contribution >= 4 is 33.2 Å². The number of piperidine rings is 1. The third kappa shape index (κ3) is 7.77. The van der Waals surface area contributed by atoms with Gasteiger partial charge in [-0.3, -0.25) is 19.7 Å². The molecule has 0 aromatic heterocycles. The number of hydrogen-bond acceptors (Lipinski definition) is 7. The molecule has 1 saturated heterocycles. The van der Waals surface area contributed by atoms with Gasteiger partial charge in [-0.05, 0) is 74.5 Å². The van der Waals surface area contributed by atoms with Gasteiger partial charge in [0.05, 0.1) is 19.1 Å². The van der Waals surface area contributed by atoms with Crippen molar-refractivity contribution in [2.24, 2.45) is 5.92 Å². The smallest absolute Gasteiger partial charge is 0.258 e. The van der Waals surface area contributed by atoms with Gasteiger partial charge < -0.3 is 14.5 Å². The molecule has 2 N–H and O–H groups in total. The first-order chi connectivity index (χ1) is 19.6. The van der Waals surface area contributed by atoms with E-state index in [4.69, 9.17) is 10.1 Å². The SMILES string of the molecule is COc1ccccc1N(CCN1CCC(C(=O)c2ccc(F)cc2)CC1)C(=O)c1ccc(C(=N)NS(C)(=O)=O)cc1. The number of benzene rings is 3. The normalized spacial score (nSPS) is 14.3. The number of sulfonamides is 1. The van der Waals surface area contributed by atoms with Crippen LogP contribution in [0.3, 0.4) is 0 Å². The highest BCUT2D eigenvalue weighted by Gasteiger charge is 2.27. The van der Waals surface area contributed by atoms with Crippen LogP contribution in [-0.4, -0.2) is 70.4 Å². The summed E-state index contributed by atoms with van der Waals surface area (Å²) in [6.07, 6.45) is 2.32. The number of ketones is 1. The third-order valence-corrected chi connectivity index (χ3v) is 7.63. The van der Waals surface area contributed by atoms with Gasteiger partial charge in [0, 0.05) is 35.7 Å². The Bertz CT molecular complexity index is 1500. The minimum atomic E-state index is -3.60. The molecule has 0 bridgehead atoms. The van der Waals surface area contributed by atoms with Crippen LogP contribution in [0.1, 0.15) is 39.1 Å². The van der Waals surface area contributed by atoms with Gasteiger partial charge in [0.25, 0.3) is 5.91 Å². The number of halogens is 1. The van der Waals surface area contributed by atoms with Crippen molar-refractivity contribution in [2.75, 3.05) is 44.4 Å². The number of rotatable bonds is 10. The molecule has 0 radical (unpaired) electrons. The van der Waals surface area contributed by atoms with E-state index in [2.05, 4.69) is 9.62 Å². The van der Waals surface area contributed by atoms with Crippen LogP contribution in [0, 0.1) is 17.1 Å². The van der Waals surface area contributed by atoms with Gasteiger partial charge in [-0.25, -0.2) is 12.8 Å². The van der Waals surface area contributed by atoms with Crippen molar-refractivity contribution in [2.45, 2.75) is 12.8 Å². The van der Waals surface area contributed by atoms with Crippen LogP contribution in [-0.2, 0) is 10.0 Å². The fraction of sp³-hybridized carbons (Fsp3) is 0.300. The molecular formula is C30H33FN4O5S. The summed E-state index contributed by atoms with van der Waals surface area (Å²) < 4.78 is 43.8. The van der Waals surface area contributed by atoms with E-state index in [1.165, 1.54) is 36.4 Å². The number of carbonyl (C=O) groups excluding carboxylic acids is 2. The highest BCUT2D eigenvalue weighted by molar-refractivity contribution is 7.89. The average molecular weight is 581 g/mol. The van der Waals surface area contributed by atoms with E-state index in [9.17, 15) is 22.4 Å². The van der Waals surface area contributed by atoms with Crippen molar-refractivity contribution in [3.8, 4) is 5.75 Å². The molecule has 3 aromatic rings. The number of nitrogens with zero attached hydrogens (tertiary/aromatic N) is 2. The number of amides is 1. The first kappa shape index (κ1) is 29.9. The van der Waals surface area contributed by atoms with Gasteiger partial charge in [-0.2, -0.15) is 0 Å². The zero-order valence-corrected chi connectivity index (χ0v) is 23.8. The lowest BCUT2D eigenvalue weighted by molar-refractivity contribution is 0.0841. The zero-order chi connectivity index (χ0) is 29.6. The predicted molar refractivity (Wildman–Crippen MR) is 156 cm³/mol. The number of Topliss-reactive ketones (excluding diaryl/α,β-unsaturated/α-hetero) is 1. The summed E-state index contributed by atoms with van der Waals surface area (Å²) in [5.74, 6) is -0.485. The Hall–Kier alpha value is -4.09. The molecule has 1 fully saturated rings. The van der Waals surface area contributed by atoms with Gasteiger partial charge in [0.2, 0.25) is 10.0 Å². The van der Waals surface area contributed by atoms with Crippen molar-refractivity contribution in [3.63, 3.8) is 0 Å². The van der Waals surface area contributed by atoms with E-state index in [1.807, 2.05) is 18.2 Å². The number of nitrogens with one attached hydrogen (secondary N) is 2. The van der Waals surface area contributed by atoms with Crippen molar-refractivity contribution in [1.29, 1.82) is 5.41 Å². The number of methoxy groups -OCH3 is 1. The Kier molecular flexibility index (Phi) is 9.51. The Morgan fingerprint density at radius 2 is 1.56 bits per heavy atom. The van der Waals surface area contributed by atoms with Gasteiger partial charge >= 0.3 is 0 Å².